The summed E-state index contributed by atoms with van der Waals surface area (Å²) in [5.74, 6) is 0.167. The number of rotatable bonds is 7. The molecule has 4 aromatic rings. The van der Waals surface area contributed by atoms with E-state index in [1.165, 1.54) is 12.3 Å². The molecular weight excluding hydrogens is 523 g/mol. The number of aliphatic hydroxyl groups excluding tert-OH is 1. The summed E-state index contributed by atoms with van der Waals surface area (Å²) in [5.41, 5.74) is 2.49. The molecule has 1 aromatic carbocycles. The smallest absolute Gasteiger partial charge is 0.259 e. The number of pyridine rings is 3. The molecule has 1 saturated carbocycles. The van der Waals surface area contributed by atoms with Crippen LogP contribution in [0, 0.1) is 17.7 Å². The number of aliphatic hydroxyl groups is 1. The number of hydrogen-bond acceptors (Lipinski definition) is 7. The third-order valence-corrected chi connectivity index (χ3v) is 8.14. The summed E-state index contributed by atoms with van der Waals surface area (Å²) in [6.45, 7) is 1.82. The highest BCUT2D eigenvalue weighted by Crippen LogP contribution is 2.32. The first kappa shape index (κ1) is 26.9. The van der Waals surface area contributed by atoms with Gasteiger partial charge in [-0.1, -0.05) is 19.3 Å². The Hall–Kier alpha value is -4.31. The zero-order chi connectivity index (χ0) is 28.3. The lowest BCUT2D eigenvalue weighted by Crippen LogP contribution is -2.24. The maximum absolute atomic E-state index is 15.4. The maximum Gasteiger partial charge on any atom is 0.259 e. The highest BCUT2D eigenvalue weighted by Gasteiger charge is 2.23. The van der Waals surface area contributed by atoms with Gasteiger partial charge >= 0.3 is 0 Å². The number of aromatic amines is 1. The highest BCUT2D eigenvalue weighted by atomic mass is 19.1. The quantitative estimate of drug-likeness (QED) is 0.247. The van der Waals surface area contributed by atoms with Crippen molar-refractivity contribution in [1.82, 2.24) is 15.0 Å². The number of H-pyrrole nitrogens is 1. The van der Waals surface area contributed by atoms with Crippen LogP contribution in [0.2, 0.25) is 0 Å². The minimum absolute atomic E-state index is 0.0316. The summed E-state index contributed by atoms with van der Waals surface area (Å²) >= 11 is 0. The van der Waals surface area contributed by atoms with Crippen LogP contribution in [0.3, 0.4) is 0 Å². The van der Waals surface area contributed by atoms with Crippen LogP contribution in [0.5, 0.6) is 0 Å². The Morgan fingerprint density at radius 2 is 1.95 bits per heavy atom. The lowest BCUT2D eigenvalue weighted by Gasteiger charge is -2.20. The van der Waals surface area contributed by atoms with Gasteiger partial charge in [0.1, 0.15) is 11.6 Å². The van der Waals surface area contributed by atoms with Gasteiger partial charge in [0.2, 0.25) is 5.91 Å². The van der Waals surface area contributed by atoms with Crippen molar-refractivity contribution in [3.63, 3.8) is 0 Å². The van der Waals surface area contributed by atoms with Crippen molar-refractivity contribution >= 4 is 39.7 Å². The lowest BCUT2D eigenvalue weighted by atomic mass is 9.88. The number of benzene rings is 1. The Labute approximate surface area is 236 Å². The Bertz CT molecular complexity index is 1620. The second-order valence-corrected chi connectivity index (χ2v) is 11.0. The van der Waals surface area contributed by atoms with E-state index in [2.05, 4.69) is 30.5 Å². The number of carbonyl (C=O) groups is 1. The normalized spacial score (nSPS) is 17.6. The zero-order valence-electron chi connectivity index (χ0n) is 22.7. The number of hydrogen-bond donors (Lipinski definition) is 4. The monoisotopic (exact) mass is 556 g/mol. The van der Waals surface area contributed by atoms with E-state index >= 15 is 4.39 Å². The number of halogens is 1. The number of nitrogens with one attached hydrogen (secondary N) is 3. The molecule has 212 valence electrons. The van der Waals surface area contributed by atoms with Crippen molar-refractivity contribution in [1.29, 1.82) is 0 Å². The van der Waals surface area contributed by atoms with Crippen LogP contribution >= 0.6 is 0 Å². The van der Waals surface area contributed by atoms with Crippen molar-refractivity contribution in [2.75, 3.05) is 35.2 Å². The standard InChI is InChI=1S/C31H33FN6O3/c32-24-14-21(35-30(40)20-4-2-1-3-5-20)6-8-23(24)26-15-27(29-25(36-26)10-12-33-31(29)41)37-28-9-7-22(16-34-28)38-13-11-19(17-38)18-39/h6-10,12,14-16,19-20,39H,1-5,11,13,17-18H2,(H,33,41)(H,35,40)(H,34,36,37)/t19-/m1/s1. The van der Waals surface area contributed by atoms with E-state index in [0.717, 1.165) is 57.3 Å². The fourth-order valence-corrected chi connectivity index (χ4v) is 5.84. The molecule has 1 aliphatic carbocycles. The van der Waals surface area contributed by atoms with Crippen LogP contribution in [0.25, 0.3) is 22.2 Å². The van der Waals surface area contributed by atoms with Crippen LogP contribution in [-0.2, 0) is 4.79 Å². The molecule has 6 rings (SSSR count). The van der Waals surface area contributed by atoms with Crippen LogP contribution in [0.4, 0.5) is 27.3 Å². The fourth-order valence-electron chi connectivity index (χ4n) is 5.84. The molecular formula is C31H33FN6O3. The number of carbonyl (C=O) groups excluding carboxylic acids is 1. The average Bonchev–Trinajstić information content (AvgIpc) is 3.47. The van der Waals surface area contributed by atoms with Gasteiger partial charge in [-0.05, 0) is 61.7 Å². The molecule has 2 aliphatic rings. The molecule has 1 atom stereocenters. The Morgan fingerprint density at radius 3 is 2.68 bits per heavy atom. The molecule has 2 fully saturated rings. The first-order valence-electron chi connectivity index (χ1n) is 14.2. The van der Waals surface area contributed by atoms with Gasteiger partial charge < -0.3 is 25.6 Å². The van der Waals surface area contributed by atoms with Gasteiger partial charge in [-0.3, -0.25) is 9.59 Å². The number of anilines is 4. The van der Waals surface area contributed by atoms with E-state index < -0.39 is 5.82 Å². The summed E-state index contributed by atoms with van der Waals surface area (Å²) in [7, 11) is 0. The molecule has 0 spiro atoms. The van der Waals surface area contributed by atoms with Gasteiger partial charge in [-0.25, -0.2) is 14.4 Å². The topological polar surface area (TPSA) is 123 Å². The predicted molar refractivity (Wildman–Crippen MR) is 158 cm³/mol. The average molecular weight is 557 g/mol. The van der Waals surface area contributed by atoms with Gasteiger partial charge in [0.05, 0.1) is 34.2 Å². The number of amides is 1. The molecule has 4 heterocycles. The van der Waals surface area contributed by atoms with Crippen molar-refractivity contribution in [3.8, 4) is 11.3 Å². The molecule has 0 unspecified atom stereocenters. The summed E-state index contributed by atoms with van der Waals surface area (Å²) < 4.78 is 15.4. The first-order valence-corrected chi connectivity index (χ1v) is 14.2. The largest absolute Gasteiger partial charge is 0.396 e. The first-order chi connectivity index (χ1) is 20.0. The SMILES string of the molecule is O=C(Nc1ccc(-c2cc(Nc3ccc(N4CC[C@@H](CO)C4)cn3)c3c(=O)[nH]ccc3n2)c(F)c1)C1CCCCC1. The number of nitrogens with zero attached hydrogens (tertiary/aromatic N) is 3. The van der Waals surface area contributed by atoms with E-state index in [1.807, 2.05) is 12.1 Å². The maximum atomic E-state index is 15.4. The van der Waals surface area contributed by atoms with Crippen molar-refractivity contribution in [3.05, 3.63) is 71.0 Å². The molecule has 1 aliphatic heterocycles. The van der Waals surface area contributed by atoms with Gasteiger partial charge in [0.15, 0.2) is 0 Å². The summed E-state index contributed by atoms with van der Waals surface area (Å²) in [4.78, 5) is 39.4. The van der Waals surface area contributed by atoms with E-state index in [1.54, 1.807) is 30.5 Å². The van der Waals surface area contributed by atoms with Gasteiger partial charge in [-0.15, -0.1) is 0 Å². The number of fused-ring (bicyclic) bond motifs is 1. The second kappa shape index (κ2) is 11.7. The van der Waals surface area contributed by atoms with Gasteiger partial charge in [-0.2, -0.15) is 0 Å². The second-order valence-electron chi connectivity index (χ2n) is 11.0. The predicted octanol–water partition coefficient (Wildman–Crippen LogP) is 5.21. The van der Waals surface area contributed by atoms with Crippen molar-refractivity contribution < 1.29 is 14.3 Å². The third-order valence-electron chi connectivity index (χ3n) is 8.14. The van der Waals surface area contributed by atoms with E-state index in [4.69, 9.17) is 0 Å². The Balaban J connectivity index is 1.27. The minimum Gasteiger partial charge on any atom is -0.396 e. The third kappa shape index (κ3) is 5.78. The minimum atomic E-state index is -0.525. The molecule has 4 N–H and O–H groups in total. The van der Waals surface area contributed by atoms with E-state index in [0.29, 0.717) is 33.8 Å². The summed E-state index contributed by atoms with van der Waals surface area (Å²) in [5, 5.41) is 15.9. The van der Waals surface area contributed by atoms with Gasteiger partial charge in [0.25, 0.3) is 5.56 Å². The van der Waals surface area contributed by atoms with E-state index in [9.17, 15) is 14.7 Å². The molecule has 1 amide bonds. The molecule has 10 heteroatoms. The van der Waals surface area contributed by atoms with Crippen LogP contribution in [0.15, 0.2) is 59.7 Å². The molecule has 1 saturated heterocycles. The summed E-state index contributed by atoms with van der Waals surface area (Å²) in [6, 6.07) is 11.7. The fraction of sp³-hybridized carbons (Fsp3) is 0.355. The number of aromatic nitrogens is 3. The molecule has 41 heavy (non-hydrogen) atoms. The van der Waals surface area contributed by atoms with E-state index in [-0.39, 0.29) is 35.5 Å². The molecule has 9 nitrogen and oxygen atoms in total. The summed E-state index contributed by atoms with van der Waals surface area (Å²) in [6.07, 6.45) is 9.17. The van der Waals surface area contributed by atoms with Crippen LogP contribution in [0.1, 0.15) is 38.5 Å². The highest BCUT2D eigenvalue weighted by molar-refractivity contribution is 5.95. The lowest BCUT2D eigenvalue weighted by molar-refractivity contribution is -0.120. The molecule has 0 bridgehead atoms. The van der Waals surface area contributed by atoms with Crippen LogP contribution in [-0.4, -0.2) is 45.7 Å². The van der Waals surface area contributed by atoms with Crippen molar-refractivity contribution in [2.45, 2.75) is 38.5 Å². The molecule has 0 radical (unpaired) electrons. The molecule has 3 aromatic heterocycles. The van der Waals surface area contributed by atoms with Crippen molar-refractivity contribution in [2.24, 2.45) is 11.8 Å². The Kier molecular flexibility index (Phi) is 7.65. The van der Waals surface area contributed by atoms with Gasteiger partial charge in [0, 0.05) is 49.0 Å². The van der Waals surface area contributed by atoms with Crippen LogP contribution < -0.4 is 21.1 Å². The zero-order valence-corrected chi connectivity index (χ0v) is 22.7. The Morgan fingerprint density at radius 1 is 1.10 bits per heavy atom.